The number of hydrogen-bond donors (Lipinski definition) is 0. The van der Waals surface area contributed by atoms with E-state index in [0.29, 0.717) is 0 Å². The minimum Gasteiger partial charge on any atom is -0.298 e. The van der Waals surface area contributed by atoms with Crippen molar-refractivity contribution in [1.82, 2.24) is 9.80 Å². The van der Waals surface area contributed by atoms with Gasteiger partial charge in [0, 0.05) is 25.2 Å². The summed E-state index contributed by atoms with van der Waals surface area (Å²) in [5.41, 5.74) is 0. The number of hydrogen-bond acceptors (Lipinski definition) is 2. The summed E-state index contributed by atoms with van der Waals surface area (Å²) in [6, 6.07) is 1.65. The molecule has 2 unspecified atom stereocenters. The Hall–Kier alpha value is -0.0800. The first-order valence-corrected chi connectivity index (χ1v) is 7.65. The predicted molar refractivity (Wildman–Crippen MR) is 74.3 cm³/mol. The molecule has 0 aromatic rings. The van der Waals surface area contributed by atoms with Crippen molar-refractivity contribution >= 4 is 0 Å². The van der Waals surface area contributed by atoms with E-state index in [4.69, 9.17) is 0 Å². The summed E-state index contributed by atoms with van der Waals surface area (Å²) < 4.78 is 0. The van der Waals surface area contributed by atoms with Crippen LogP contribution < -0.4 is 0 Å². The van der Waals surface area contributed by atoms with Gasteiger partial charge >= 0.3 is 0 Å². The third kappa shape index (κ3) is 3.69. The Morgan fingerprint density at radius 2 is 2.00 bits per heavy atom. The van der Waals surface area contributed by atoms with E-state index in [-0.39, 0.29) is 0 Å². The van der Waals surface area contributed by atoms with E-state index < -0.39 is 0 Å². The van der Waals surface area contributed by atoms with Crippen molar-refractivity contribution in [2.45, 2.75) is 65.0 Å². The number of rotatable bonds is 4. The van der Waals surface area contributed by atoms with Gasteiger partial charge in [-0.3, -0.25) is 9.80 Å². The minimum atomic E-state index is 0.775. The fourth-order valence-corrected chi connectivity index (χ4v) is 3.43. The third-order valence-corrected chi connectivity index (χ3v) is 4.54. The zero-order chi connectivity index (χ0) is 12.3. The SMILES string of the molecule is CC(C)CCCN1CC2CCCCN2CC1C. The van der Waals surface area contributed by atoms with Gasteiger partial charge in [-0.05, 0) is 51.6 Å². The Morgan fingerprint density at radius 3 is 2.76 bits per heavy atom. The normalized spacial score (nSPS) is 31.8. The van der Waals surface area contributed by atoms with Crippen molar-refractivity contribution in [3.63, 3.8) is 0 Å². The molecule has 2 nitrogen and oxygen atoms in total. The molecule has 2 fully saturated rings. The number of nitrogens with zero attached hydrogens (tertiary/aromatic N) is 2. The van der Waals surface area contributed by atoms with Gasteiger partial charge in [-0.15, -0.1) is 0 Å². The summed E-state index contributed by atoms with van der Waals surface area (Å²) >= 11 is 0. The van der Waals surface area contributed by atoms with Gasteiger partial charge in [0.05, 0.1) is 0 Å². The van der Waals surface area contributed by atoms with E-state index in [1.165, 1.54) is 58.3 Å². The summed E-state index contributed by atoms with van der Waals surface area (Å²) in [4.78, 5) is 5.49. The molecule has 2 atom stereocenters. The van der Waals surface area contributed by atoms with Crippen LogP contribution >= 0.6 is 0 Å². The lowest BCUT2D eigenvalue weighted by atomic mass is 9.96. The van der Waals surface area contributed by atoms with Crippen molar-refractivity contribution in [2.24, 2.45) is 5.92 Å². The maximum absolute atomic E-state index is 2.74. The lowest BCUT2D eigenvalue weighted by Crippen LogP contribution is -2.58. The molecule has 0 amide bonds. The highest BCUT2D eigenvalue weighted by atomic mass is 15.3. The summed E-state index contributed by atoms with van der Waals surface area (Å²) in [5.74, 6) is 0.862. The molecule has 0 aliphatic carbocycles. The van der Waals surface area contributed by atoms with Crippen LogP contribution in [0.4, 0.5) is 0 Å². The lowest BCUT2D eigenvalue weighted by Gasteiger charge is -2.47. The Kier molecular flexibility index (Phi) is 4.87. The number of piperidine rings is 1. The van der Waals surface area contributed by atoms with E-state index in [1.807, 2.05) is 0 Å². The summed E-state index contributed by atoms with van der Waals surface area (Å²) in [5, 5.41) is 0. The van der Waals surface area contributed by atoms with Crippen LogP contribution in [0.5, 0.6) is 0 Å². The van der Waals surface area contributed by atoms with Gasteiger partial charge in [0.2, 0.25) is 0 Å². The second-order valence-electron chi connectivity index (χ2n) is 6.52. The molecule has 2 heteroatoms. The second kappa shape index (κ2) is 6.19. The van der Waals surface area contributed by atoms with Crippen LogP contribution in [0, 0.1) is 5.92 Å². The zero-order valence-electron chi connectivity index (χ0n) is 12.0. The first-order chi connectivity index (χ1) is 8.16. The zero-order valence-corrected chi connectivity index (χ0v) is 12.0. The van der Waals surface area contributed by atoms with Crippen LogP contribution in [0.1, 0.15) is 52.9 Å². The van der Waals surface area contributed by atoms with Gasteiger partial charge in [0.15, 0.2) is 0 Å². The highest BCUT2D eigenvalue weighted by Gasteiger charge is 2.32. The molecule has 0 aromatic carbocycles. The quantitative estimate of drug-likeness (QED) is 0.743. The molecule has 0 bridgehead atoms. The molecule has 0 aromatic heterocycles. The van der Waals surface area contributed by atoms with E-state index in [1.54, 1.807) is 0 Å². The van der Waals surface area contributed by atoms with Gasteiger partial charge in [-0.25, -0.2) is 0 Å². The molecule has 0 N–H and O–H groups in total. The summed E-state index contributed by atoms with van der Waals surface area (Å²) in [6.07, 6.45) is 7.09. The molecule has 2 saturated heterocycles. The van der Waals surface area contributed by atoms with Crippen LogP contribution in [-0.4, -0.2) is 48.1 Å². The van der Waals surface area contributed by atoms with Crippen molar-refractivity contribution in [1.29, 1.82) is 0 Å². The van der Waals surface area contributed by atoms with E-state index in [2.05, 4.69) is 30.6 Å². The van der Waals surface area contributed by atoms with E-state index in [0.717, 1.165) is 18.0 Å². The first-order valence-electron chi connectivity index (χ1n) is 7.65. The predicted octanol–water partition coefficient (Wildman–Crippen LogP) is 2.98. The van der Waals surface area contributed by atoms with Crippen molar-refractivity contribution in [3.05, 3.63) is 0 Å². The molecule has 2 aliphatic heterocycles. The fraction of sp³-hybridized carbons (Fsp3) is 1.00. The summed E-state index contributed by atoms with van der Waals surface area (Å²) in [6.45, 7) is 12.4. The number of piperazine rings is 1. The molecule has 17 heavy (non-hydrogen) atoms. The van der Waals surface area contributed by atoms with E-state index >= 15 is 0 Å². The standard InChI is InChI=1S/C15H30N2/c1-13(2)7-6-10-16-12-15-8-4-5-9-17(15)11-14(16)3/h13-15H,4-12H2,1-3H3. The van der Waals surface area contributed by atoms with Crippen molar-refractivity contribution in [3.8, 4) is 0 Å². The van der Waals surface area contributed by atoms with Crippen molar-refractivity contribution < 1.29 is 0 Å². The molecular formula is C15H30N2. The fourth-order valence-electron chi connectivity index (χ4n) is 3.43. The smallest absolute Gasteiger partial charge is 0.0223 e. The van der Waals surface area contributed by atoms with Crippen LogP contribution in [0.2, 0.25) is 0 Å². The molecule has 2 heterocycles. The Labute approximate surface area is 107 Å². The molecular weight excluding hydrogens is 208 g/mol. The Bertz CT molecular complexity index is 227. The van der Waals surface area contributed by atoms with Gasteiger partial charge in [0.1, 0.15) is 0 Å². The monoisotopic (exact) mass is 238 g/mol. The Balaban J connectivity index is 1.78. The molecule has 2 aliphatic rings. The van der Waals surface area contributed by atoms with E-state index in [9.17, 15) is 0 Å². The molecule has 0 spiro atoms. The highest BCUT2D eigenvalue weighted by molar-refractivity contribution is 4.88. The van der Waals surface area contributed by atoms with Crippen LogP contribution in [-0.2, 0) is 0 Å². The first kappa shape index (κ1) is 13.4. The van der Waals surface area contributed by atoms with Gasteiger partial charge in [-0.2, -0.15) is 0 Å². The molecule has 0 radical (unpaired) electrons. The average molecular weight is 238 g/mol. The largest absolute Gasteiger partial charge is 0.298 e. The van der Waals surface area contributed by atoms with Crippen molar-refractivity contribution in [2.75, 3.05) is 26.2 Å². The molecule has 100 valence electrons. The maximum atomic E-state index is 2.74. The maximum Gasteiger partial charge on any atom is 0.0223 e. The van der Waals surface area contributed by atoms with Gasteiger partial charge in [0.25, 0.3) is 0 Å². The van der Waals surface area contributed by atoms with Crippen LogP contribution in [0.15, 0.2) is 0 Å². The molecule has 2 rings (SSSR count). The highest BCUT2D eigenvalue weighted by Crippen LogP contribution is 2.24. The minimum absolute atomic E-state index is 0.775. The van der Waals surface area contributed by atoms with Crippen LogP contribution in [0.3, 0.4) is 0 Å². The lowest BCUT2D eigenvalue weighted by molar-refractivity contribution is 0.0143. The molecule has 0 saturated carbocycles. The average Bonchev–Trinajstić information content (AvgIpc) is 2.29. The summed E-state index contributed by atoms with van der Waals surface area (Å²) in [7, 11) is 0. The number of fused-ring (bicyclic) bond motifs is 1. The van der Waals surface area contributed by atoms with Crippen LogP contribution in [0.25, 0.3) is 0 Å². The third-order valence-electron chi connectivity index (χ3n) is 4.54. The second-order valence-corrected chi connectivity index (χ2v) is 6.52. The van der Waals surface area contributed by atoms with Gasteiger partial charge < -0.3 is 0 Å². The topological polar surface area (TPSA) is 6.48 Å². The Morgan fingerprint density at radius 1 is 1.18 bits per heavy atom. The van der Waals surface area contributed by atoms with Gasteiger partial charge in [-0.1, -0.05) is 20.3 Å².